The van der Waals surface area contributed by atoms with E-state index in [4.69, 9.17) is 0 Å². The van der Waals surface area contributed by atoms with Gasteiger partial charge in [0.25, 0.3) is 0 Å². The second-order valence-electron chi connectivity index (χ2n) is 7.78. The van der Waals surface area contributed by atoms with Gasteiger partial charge < -0.3 is 31.3 Å². The molecule has 0 radical (unpaired) electrons. The molecule has 6 nitrogen and oxygen atoms in total. The summed E-state index contributed by atoms with van der Waals surface area (Å²) in [6, 6.07) is 6.04. The Bertz CT molecular complexity index is 989. The lowest BCUT2D eigenvalue weighted by molar-refractivity contribution is 0.358. The van der Waals surface area contributed by atoms with Gasteiger partial charge in [-0.15, -0.1) is 0 Å². The predicted octanol–water partition coefficient (Wildman–Crippen LogP) is 4.64. The summed E-state index contributed by atoms with van der Waals surface area (Å²) in [4.78, 5) is 0. The SMILES string of the molecule is OC(NCc1cc(CNC(O)=C2C=CC=C2)cc(CNC(O)=C2C=CC=C2)c1)=C1C=CC=C1. The van der Waals surface area contributed by atoms with Crippen LogP contribution in [0.4, 0.5) is 0 Å². The van der Waals surface area contributed by atoms with E-state index in [1.165, 1.54) is 0 Å². The molecule has 0 unspecified atom stereocenters. The highest BCUT2D eigenvalue weighted by Crippen LogP contribution is 2.16. The van der Waals surface area contributed by atoms with E-state index in [0.29, 0.717) is 19.6 Å². The predicted molar refractivity (Wildman–Crippen MR) is 131 cm³/mol. The largest absolute Gasteiger partial charge is 0.494 e. The van der Waals surface area contributed by atoms with Crippen molar-refractivity contribution < 1.29 is 15.3 Å². The molecule has 0 bridgehead atoms. The molecule has 0 aliphatic heterocycles. The van der Waals surface area contributed by atoms with Gasteiger partial charge in [0, 0.05) is 36.4 Å². The molecule has 0 atom stereocenters. The third kappa shape index (κ3) is 5.89. The Morgan fingerprint density at radius 1 is 0.455 bits per heavy atom. The molecule has 33 heavy (non-hydrogen) atoms. The fourth-order valence-corrected chi connectivity index (χ4v) is 3.60. The van der Waals surface area contributed by atoms with Gasteiger partial charge in [-0.3, -0.25) is 0 Å². The van der Waals surface area contributed by atoms with Crippen LogP contribution in [0.15, 0.2) is 125 Å². The fraction of sp³-hybridized carbons (Fsp3) is 0.111. The molecule has 0 aromatic heterocycles. The monoisotopic (exact) mass is 441 g/mol. The van der Waals surface area contributed by atoms with Crippen LogP contribution in [0.1, 0.15) is 16.7 Å². The number of allylic oxidation sites excluding steroid dienone is 15. The van der Waals surface area contributed by atoms with Gasteiger partial charge in [0.2, 0.25) is 0 Å². The molecule has 6 heteroatoms. The van der Waals surface area contributed by atoms with Crippen LogP contribution in [0.2, 0.25) is 0 Å². The van der Waals surface area contributed by atoms with Crippen LogP contribution < -0.4 is 16.0 Å². The average molecular weight is 442 g/mol. The molecule has 0 heterocycles. The average Bonchev–Trinajstić information content (AvgIpc) is 3.62. The molecule has 6 N–H and O–H groups in total. The Hall–Kier alpha value is -4.32. The zero-order valence-corrected chi connectivity index (χ0v) is 18.1. The summed E-state index contributed by atoms with van der Waals surface area (Å²) in [6.45, 7) is 1.28. The maximum atomic E-state index is 10.3. The van der Waals surface area contributed by atoms with Crippen molar-refractivity contribution >= 4 is 0 Å². The molecule has 4 rings (SSSR count). The van der Waals surface area contributed by atoms with E-state index >= 15 is 0 Å². The summed E-state index contributed by atoms with van der Waals surface area (Å²) in [5.74, 6) is 0.354. The molecular formula is C27H27N3O3. The first kappa shape index (κ1) is 21.9. The van der Waals surface area contributed by atoms with Crippen molar-refractivity contribution in [3.63, 3.8) is 0 Å². The van der Waals surface area contributed by atoms with Crippen molar-refractivity contribution in [3.8, 4) is 0 Å². The van der Waals surface area contributed by atoms with E-state index < -0.39 is 0 Å². The Balaban J connectivity index is 1.49. The molecular weight excluding hydrogens is 414 g/mol. The summed E-state index contributed by atoms with van der Waals surface area (Å²) >= 11 is 0. The standard InChI is InChI=1S/C27H27N3O3/c31-25(22-7-1-2-8-22)28-16-19-13-20(17-29-26(32)23-9-3-4-10-23)15-21(14-19)18-30-27(33)24-11-5-6-12-24/h1-15,28-33H,16-18H2. The van der Waals surface area contributed by atoms with Gasteiger partial charge in [0.15, 0.2) is 17.6 Å². The zero-order valence-electron chi connectivity index (χ0n) is 18.1. The summed E-state index contributed by atoms with van der Waals surface area (Å²) in [5, 5.41) is 40.0. The number of aliphatic hydroxyl groups excluding tert-OH is 3. The van der Waals surface area contributed by atoms with Gasteiger partial charge in [0.05, 0.1) is 0 Å². The van der Waals surface area contributed by atoms with E-state index in [1.54, 1.807) is 0 Å². The van der Waals surface area contributed by atoms with Gasteiger partial charge in [-0.1, -0.05) is 54.7 Å². The van der Waals surface area contributed by atoms with Crippen LogP contribution in [0.3, 0.4) is 0 Å². The number of nitrogens with one attached hydrogen (secondary N) is 3. The normalized spacial score (nSPS) is 15.1. The van der Waals surface area contributed by atoms with Crippen LogP contribution in [0, 0.1) is 0 Å². The van der Waals surface area contributed by atoms with E-state index in [9.17, 15) is 15.3 Å². The first-order valence-corrected chi connectivity index (χ1v) is 10.8. The minimum absolute atomic E-state index is 0.118. The van der Waals surface area contributed by atoms with Crippen molar-refractivity contribution in [2.45, 2.75) is 19.6 Å². The molecule has 0 amide bonds. The summed E-state index contributed by atoms with van der Waals surface area (Å²) in [6.07, 6.45) is 22.2. The number of aliphatic hydroxyl groups is 3. The topological polar surface area (TPSA) is 96.8 Å². The quantitative estimate of drug-likeness (QED) is 0.313. The summed E-state index contributed by atoms with van der Waals surface area (Å²) in [5.41, 5.74) is 5.09. The second-order valence-corrected chi connectivity index (χ2v) is 7.78. The molecule has 3 aliphatic rings. The second kappa shape index (κ2) is 10.3. The van der Waals surface area contributed by atoms with Crippen molar-refractivity contribution in [2.75, 3.05) is 0 Å². The fourth-order valence-electron chi connectivity index (χ4n) is 3.60. The van der Waals surface area contributed by atoms with Gasteiger partial charge in [0.1, 0.15) is 0 Å². The van der Waals surface area contributed by atoms with Gasteiger partial charge in [-0.05, 0) is 53.1 Å². The Morgan fingerprint density at radius 3 is 0.939 bits per heavy atom. The maximum absolute atomic E-state index is 10.3. The highest BCUT2D eigenvalue weighted by Gasteiger charge is 2.08. The van der Waals surface area contributed by atoms with Crippen LogP contribution in [0.25, 0.3) is 0 Å². The molecule has 3 aliphatic carbocycles. The number of rotatable bonds is 9. The first-order valence-electron chi connectivity index (χ1n) is 10.8. The van der Waals surface area contributed by atoms with Crippen LogP contribution >= 0.6 is 0 Å². The highest BCUT2D eigenvalue weighted by molar-refractivity contribution is 5.43. The van der Waals surface area contributed by atoms with Crippen LogP contribution in [-0.2, 0) is 19.6 Å². The molecule has 0 saturated heterocycles. The Kier molecular flexibility index (Phi) is 6.85. The van der Waals surface area contributed by atoms with E-state index in [1.807, 2.05) is 91.1 Å². The van der Waals surface area contributed by atoms with Crippen molar-refractivity contribution in [3.05, 3.63) is 142 Å². The van der Waals surface area contributed by atoms with Crippen molar-refractivity contribution in [1.29, 1.82) is 0 Å². The Morgan fingerprint density at radius 2 is 0.697 bits per heavy atom. The van der Waals surface area contributed by atoms with E-state index in [0.717, 1.165) is 33.4 Å². The number of hydrogen-bond acceptors (Lipinski definition) is 6. The third-order valence-corrected chi connectivity index (χ3v) is 5.30. The summed E-state index contributed by atoms with van der Waals surface area (Å²) in [7, 11) is 0. The van der Waals surface area contributed by atoms with E-state index in [2.05, 4.69) is 16.0 Å². The van der Waals surface area contributed by atoms with Gasteiger partial charge in [-0.2, -0.15) is 0 Å². The van der Waals surface area contributed by atoms with Crippen LogP contribution in [0.5, 0.6) is 0 Å². The van der Waals surface area contributed by atoms with Gasteiger partial charge in [-0.25, -0.2) is 0 Å². The van der Waals surface area contributed by atoms with Crippen molar-refractivity contribution in [2.24, 2.45) is 0 Å². The number of benzene rings is 1. The molecule has 0 spiro atoms. The molecule has 0 saturated carbocycles. The van der Waals surface area contributed by atoms with E-state index in [-0.39, 0.29) is 17.6 Å². The molecule has 168 valence electrons. The maximum Gasteiger partial charge on any atom is 0.191 e. The minimum atomic E-state index is 0.118. The smallest absolute Gasteiger partial charge is 0.191 e. The lowest BCUT2D eigenvalue weighted by Crippen LogP contribution is -2.18. The summed E-state index contributed by atoms with van der Waals surface area (Å²) < 4.78 is 0. The Labute approximate surface area is 193 Å². The lowest BCUT2D eigenvalue weighted by Gasteiger charge is -2.14. The van der Waals surface area contributed by atoms with Gasteiger partial charge >= 0.3 is 0 Å². The van der Waals surface area contributed by atoms with Crippen LogP contribution in [-0.4, -0.2) is 15.3 Å². The number of hydrogen-bond donors (Lipinski definition) is 6. The molecule has 1 aromatic rings. The first-order chi connectivity index (χ1) is 16.1. The molecule has 0 fully saturated rings. The van der Waals surface area contributed by atoms with Crippen molar-refractivity contribution in [1.82, 2.24) is 16.0 Å². The third-order valence-electron chi connectivity index (χ3n) is 5.30. The lowest BCUT2D eigenvalue weighted by atomic mass is 10.0. The highest BCUT2D eigenvalue weighted by atomic mass is 16.3. The zero-order chi connectivity index (χ0) is 23.0. The minimum Gasteiger partial charge on any atom is -0.494 e. The molecule has 1 aromatic carbocycles.